The lowest BCUT2D eigenvalue weighted by Crippen LogP contribution is -2.54. The zero-order valence-corrected chi connectivity index (χ0v) is 14.7. The molecule has 128 valence electrons. The zero-order chi connectivity index (χ0) is 17.0. The lowest BCUT2D eigenvalue weighted by atomic mass is 10.1. The second-order valence-corrected chi connectivity index (χ2v) is 6.63. The summed E-state index contributed by atoms with van der Waals surface area (Å²) in [6.07, 6.45) is 1.98. The van der Waals surface area contributed by atoms with Gasteiger partial charge in [0.05, 0.1) is 13.2 Å². The third kappa shape index (κ3) is 4.40. The molecule has 1 aliphatic rings. The summed E-state index contributed by atoms with van der Waals surface area (Å²) in [6, 6.07) is 0.113. The Labute approximate surface area is 145 Å². The molecule has 1 N–H and O–H groups in total. The van der Waals surface area contributed by atoms with Crippen molar-refractivity contribution in [1.82, 2.24) is 19.4 Å². The highest BCUT2D eigenvalue weighted by atomic mass is 32.1. The van der Waals surface area contributed by atoms with Crippen molar-refractivity contribution >= 4 is 35.0 Å². The van der Waals surface area contributed by atoms with Crippen LogP contribution in [0, 0.1) is 17.0 Å². The fourth-order valence-corrected chi connectivity index (χ4v) is 3.42. The number of aliphatic hydroxyl groups is 1. The minimum atomic E-state index is -0.417. The number of nitro groups is 1. The molecule has 10 heteroatoms. The molecule has 0 spiro atoms. The SMILES string of the molecule is Cc1ncc([N+](=O)[O-])n1CCC1CN(CCO)CCN1C(=S)S. The van der Waals surface area contributed by atoms with Gasteiger partial charge in [-0.2, -0.15) is 0 Å². The van der Waals surface area contributed by atoms with Gasteiger partial charge in [-0.05, 0) is 4.92 Å². The van der Waals surface area contributed by atoms with Crippen LogP contribution in [0.4, 0.5) is 5.82 Å². The predicted octanol–water partition coefficient (Wildman–Crippen LogP) is 0.683. The fraction of sp³-hybridized carbons (Fsp3) is 0.692. The average Bonchev–Trinajstić information content (AvgIpc) is 2.86. The molecule has 2 heterocycles. The maximum atomic E-state index is 11.1. The summed E-state index contributed by atoms with van der Waals surface area (Å²) in [5.74, 6) is 0.630. The summed E-state index contributed by atoms with van der Waals surface area (Å²) >= 11 is 9.48. The number of β-amino-alcohol motifs (C(OH)–C–C–N with tert-alkyl or cyclic N) is 1. The Hall–Kier alpha value is -1.23. The first-order valence-corrected chi connectivity index (χ1v) is 8.29. The molecule has 8 nitrogen and oxygen atoms in total. The Morgan fingerprint density at radius 2 is 2.30 bits per heavy atom. The van der Waals surface area contributed by atoms with Crippen LogP contribution in [0.1, 0.15) is 12.2 Å². The standard InChI is InChI=1S/C13H21N5O3S2/c1-10-14-8-12(18(20)21)16(10)3-2-11-9-15(6-7-19)4-5-17(11)13(22)23/h8,11,19H,2-7,9H2,1H3,(H,22,23). The summed E-state index contributed by atoms with van der Waals surface area (Å²) in [6.45, 7) is 5.31. The van der Waals surface area contributed by atoms with E-state index in [4.69, 9.17) is 17.3 Å². The van der Waals surface area contributed by atoms with Crippen molar-refractivity contribution in [2.45, 2.75) is 25.9 Å². The quantitative estimate of drug-likeness (QED) is 0.334. The van der Waals surface area contributed by atoms with Gasteiger partial charge in [-0.25, -0.2) is 9.55 Å². The van der Waals surface area contributed by atoms with Crippen LogP contribution in [-0.2, 0) is 6.54 Å². The minimum absolute atomic E-state index is 0.00511. The summed E-state index contributed by atoms with van der Waals surface area (Å²) in [4.78, 5) is 18.9. The number of thiol groups is 1. The molecule has 0 bridgehead atoms. The van der Waals surface area contributed by atoms with Crippen LogP contribution in [0.3, 0.4) is 0 Å². The topological polar surface area (TPSA) is 87.7 Å². The number of aromatic nitrogens is 2. The number of imidazole rings is 1. The average molecular weight is 359 g/mol. The number of aryl methyl sites for hydroxylation is 1. The van der Waals surface area contributed by atoms with E-state index in [2.05, 4.69) is 22.5 Å². The van der Waals surface area contributed by atoms with Gasteiger partial charge in [-0.1, -0.05) is 12.2 Å². The second-order valence-electron chi connectivity index (χ2n) is 5.52. The van der Waals surface area contributed by atoms with Gasteiger partial charge in [0.1, 0.15) is 10.5 Å². The van der Waals surface area contributed by atoms with Crippen LogP contribution in [0.15, 0.2) is 6.20 Å². The number of hydrogen-bond donors (Lipinski definition) is 2. The van der Waals surface area contributed by atoms with Gasteiger partial charge < -0.3 is 20.1 Å². The molecule has 0 saturated carbocycles. The minimum Gasteiger partial charge on any atom is -0.395 e. The van der Waals surface area contributed by atoms with Crippen molar-refractivity contribution in [2.75, 3.05) is 32.8 Å². The molecule has 23 heavy (non-hydrogen) atoms. The molecular formula is C13H21N5O3S2. The smallest absolute Gasteiger partial charge is 0.342 e. The van der Waals surface area contributed by atoms with Crippen LogP contribution in [0.25, 0.3) is 0 Å². The van der Waals surface area contributed by atoms with Gasteiger partial charge in [-0.3, -0.25) is 4.90 Å². The number of nitrogens with zero attached hydrogens (tertiary/aromatic N) is 5. The molecule has 2 rings (SSSR count). The van der Waals surface area contributed by atoms with E-state index in [-0.39, 0.29) is 18.5 Å². The van der Waals surface area contributed by atoms with E-state index in [0.29, 0.717) is 29.7 Å². The maximum Gasteiger partial charge on any atom is 0.342 e. The van der Waals surface area contributed by atoms with Crippen molar-refractivity contribution in [3.63, 3.8) is 0 Å². The summed E-state index contributed by atoms with van der Waals surface area (Å²) in [7, 11) is 0. The van der Waals surface area contributed by atoms with E-state index in [0.717, 1.165) is 19.6 Å². The summed E-state index contributed by atoms with van der Waals surface area (Å²) in [5.41, 5.74) is 0. The van der Waals surface area contributed by atoms with E-state index in [1.807, 2.05) is 4.90 Å². The Morgan fingerprint density at radius 3 is 2.91 bits per heavy atom. The molecule has 0 radical (unpaired) electrons. The van der Waals surface area contributed by atoms with Gasteiger partial charge in [0.15, 0.2) is 5.82 Å². The molecule has 1 aliphatic heterocycles. The molecule has 1 atom stereocenters. The predicted molar refractivity (Wildman–Crippen MR) is 93.8 cm³/mol. The Morgan fingerprint density at radius 1 is 1.57 bits per heavy atom. The molecule has 0 aliphatic carbocycles. The fourth-order valence-electron chi connectivity index (χ4n) is 2.92. The van der Waals surface area contributed by atoms with Gasteiger partial charge in [0.2, 0.25) is 0 Å². The lowest BCUT2D eigenvalue weighted by Gasteiger charge is -2.41. The third-order valence-electron chi connectivity index (χ3n) is 4.14. The first-order chi connectivity index (χ1) is 10.9. The van der Waals surface area contributed by atoms with E-state index < -0.39 is 4.92 Å². The Balaban J connectivity index is 2.07. The highest BCUT2D eigenvalue weighted by Crippen LogP contribution is 2.19. The van der Waals surface area contributed by atoms with Crippen LogP contribution in [0.2, 0.25) is 0 Å². The molecule has 1 aromatic rings. The number of aliphatic hydroxyl groups excluding tert-OH is 1. The van der Waals surface area contributed by atoms with Crippen LogP contribution >= 0.6 is 24.8 Å². The maximum absolute atomic E-state index is 11.1. The van der Waals surface area contributed by atoms with Crippen molar-refractivity contribution in [1.29, 1.82) is 0 Å². The van der Waals surface area contributed by atoms with Crippen molar-refractivity contribution in [3.8, 4) is 0 Å². The molecule has 1 aromatic heterocycles. The molecule has 1 fully saturated rings. The molecular weight excluding hydrogens is 338 g/mol. The first kappa shape index (κ1) is 18.1. The van der Waals surface area contributed by atoms with Crippen molar-refractivity contribution in [3.05, 3.63) is 22.1 Å². The largest absolute Gasteiger partial charge is 0.395 e. The van der Waals surface area contributed by atoms with Crippen molar-refractivity contribution < 1.29 is 10.0 Å². The molecule has 0 aromatic carbocycles. The lowest BCUT2D eigenvalue weighted by molar-refractivity contribution is -0.392. The number of piperazine rings is 1. The molecule has 0 amide bonds. The van der Waals surface area contributed by atoms with Crippen LogP contribution in [-0.4, -0.2) is 72.5 Å². The van der Waals surface area contributed by atoms with Gasteiger partial charge in [-0.15, -0.1) is 12.6 Å². The number of hydrogen-bond acceptors (Lipinski definition) is 6. The molecule has 1 saturated heterocycles. The normalized spacial score (nSPS) is 19.1. The first-order valence-electron chi connectivity index (χ1n) is 7.43. The highest BCUT2D eigenvalue weighted by Gasteiger charge is 2.28. The van der Waals surface area contributed by atoms with Gasteiger partial charge in [0, 0.05) is 45.6 Å². The highest BCUT2D eigenvalue weighted by molar-refractivity contribution is 8.10. The van der Waals surface area contributed by atoms with E-state index in [1.165, 1.54) is 6.20 Å². The summed E-state index contributed by atoms with van der Waals surface area (Å²) in [5, 5.41) is 20.2. The van der Waals surface area contributed by atoms with Gasteiger partial charge in [0.25, 0.3) is 0 Å². The van der Waals surface area contributed by atoms with E-state index >= 15 is 0 Å². The Kier molecular flexibility index (Phi) is 6.33. The van der Waals surface area contributed by atoms with Gasteiger partial charge >= 0.3 is 5.82 Å². The van der Waals surface area contributed by atoms with E-state index in [9.17, 15) is 10.1 Å². The molecule has 1 unspecified atom stereocenters. The second kappa shape index (κ2) is 8.04. The number of rotatable bonds is 6. The number of thiocarbonyl (C=S) groups is 1. The van der Waals surface area contributed by atoms with Crippen LogP contribution in [0.5, 0.6) is 0 Å². The monoisotopic (exact) mass is 359 g/mol. The third-order valence-corrected chi connectivity index (χ3v) is 4.63. The van der Waals surface area contributed by atoms with Crippen LogP contribution < -0.4 is 0 Å². The van der Waals surface area contributed by atoms with E-state index in [1.54, 1.807) is 11.5 Å². The summed E-state index contributed by atoms with van der Waals surface area (Å²) < 4.78 is 2.15. The zero-order valence-electron chi connectivity index (χ0n) is 13.0. The Bertz CT molecular complexity index is 580. The van der Waals surface area contributed by atoms with Crippen molar-refractivity contribution in [2.24, 2.45) is 0 Å².